The van der Waals surface area contributed by atoms with Crippen LogP contribution in [0, 0.1) is 0 Å². The number of anilines is 2. The molecule has 0 radical (unpaired) electrons. The lowest BCUT2D eigenvalue weighted by Gasteiger charge is -2.18. The number of carbonyl (C=O) groups is 4. The van der Waals surface area contributed by atoms with Gasteiger partial charge in [-0.05, 0) is 108 Å². The van der Waals surface area contributed by atoms with Crippen LogP contribution in [-0.4, -0.2) is 41.9 Å². The average molecular weight is 1110 g/mol. The number of para-hydroxylation sites is 8. The fourth-order valence-corrected chi connectivity index (χ4v) is 14.0. The molecule has 2 aliphatic rings. The maximum Gasteiger partial charge on any atom is 0.266 e. The fraction of sp³-hybridized carbons (Fsp3) is 0. The third-order valence-electron chi connectivity index (χ3n) is 17.8. The van der Waals surface area contributed by atoms with Crippen molar-refractivity contribution in [3.63, 3.8) is 0 Å². The van der Waals surface area contributed by atoms with Crippen LogP contribution in [0.3, 0.4) is 0 Å². The van der Waals surface area contributed by atoms with E-state index in [1.807, 2.05) is 146 Å². The van der Waals surface area contributed by atoms with Crippen LogP contribution < -0.4 is 9.80 Å². The first-order valence-corrected chi connectivity index (χ1v) is 28.7. The Morgan fingerprint density at radius 3 is 0.558 bits per heavy atom. The smallest absolute Gasteiger partial charge is 0.266 e. The normalized spacial score (nSPS) is 13.4. The monoisotopic (exact) mass is 1100 g/mol. The standard InChI is InChI=1S/C76H44N6O4/c83-73-57-41-69(79-61-25-9-1-17-49(61)50-18-2-10-26-62(50)79)70(80-63-27-11-3-19-51(63)52-20-4-12-28-64(52)80)42-58(57)74(84)77(73)47-37-33-45(34-38-47)46-35-39-48(40-36-46)78-75(85)59-43-71(81-65-29-13-5-21-53(65)54-22-6-14-30-66(54)81)72(44-60(59)76(78)86)82-67-31-15-7-23-55(67)56-24-8-16-32-68(56)82/h1-44H. The second-order valence-corrected chi connectivity index (χ2v) is 22.2. The largest absolute Gasteiger partial charge is 0.307 e. The molecule has 0 aliphatic carbocycles. The van der Waals surface area contributed by atoms with Gasteiger partial charge in [-0.15, -0.1) is 0 Å². The Balaban J connectivity index is 0.705. The van der Waals surface area contributed by atoms with E-state index in [2.05, 4.69) is 115 Å². The number of imide groups is 2. The Hall–Kier alpha value is -11.9. The van der Waals surface area contributed by atoms with E-state index in [1.165, 1.54) is 9.80 Å². The third-order valence-corrected chi connectivity index (χ3v) is 17.8. The van der Waals surface area contributed by atoms with E-state index in [-0.39, 0.29) is 0 Å². The van der Waals surface area contributed by atoms with Gasteiger partial charge in [-0.3, -0.25) is 19.2 Å². The molecule has 18 rings (SSSR count). The maximum absolute atomic E-state index is 14.9. The molecular weight excluding hydrogens is 1060 g/mol. The maximum atomic E-state index is 14.9. The number of fused-ring (bicyclic) bond motifs is 14. The first kappa shape index (κ1) is 47.7. The number of benzene rings is 12. The van der Waals surface area contributed by atoms with E-state index in [1.54, 1.807) is 24.3 Å². The molecule has 10 nitrogen and oxygen atoms in total. The van der Waals surface area contributed by atoms with Crippen LogP contribution in [0.4, 0.5) is 11.4 Å². The van der Waals surface area contributed by atoms with E-state index >= 15 is 0 Å². The van der Waals surface area contributed by atoms with E-state index in [0.29, 0.717) is 33.6 Å². The summed E-state index contributed by atoms with van der Waals surface area (Å²) in [6.07, 6.45) is 0. The molecule has 0 saturated heterocycles. The zero-order valence-electron chi connectivity index (χ0n) is 45.7. The highest BCUT2D eigenvalue weighted by molar-refractivity contribution is 6.36. The zero-order valence-corrected chi connectivity index (χ0v) is 45.7. The summed E-state index contributed by atoms with van der Waals surface area (Å²) < 4.78 is 8.86. The highest BCUT2D eigenvalue weighted by atomic mass is 16.2. The number of carbonyl (C=O) groups excluding carboxylic acids is 4. The van der Waals surface area contributed by atoms with E-state index in [9.17, 15) is 19.2 Å². The number of nitrogens with zero attached hydrogens (tertiary/aromatic N) is 6. The number of hydrogen-bond acceptors (Lipinski definition) is 4. The molecule has 4 amide bonds. The predicted octanol–water partition coefficient (Wildman–Crippen LogP) is 17.3. The van der Waals surface area contributed by atoms with Crippen molar-refractivity contribution in [1.29, 1.82) is 0 Å². The van der Waals surface area contributed by atoms with Crippen LogP contribution in [0.2, 0.25) is 0 Å². The highest BCUT2D eigenvalue weighted by Crippen LogP contribution is 2.44. The first-order chi connectivity index (χ1) is 42.4. The summed E-state index contributed by atoms with van der Waals surface area (Å²) in [6, 6.07) is 88.6. The van der Waals surface area contributed by atoms with Gasteiger partial charge in [-0.1, -0.05) is 170 Å². The summed E-state index contributed by atoms with van der Waals surface area (Å²) in [4.78, 5) is 62.2. The lowest BCUT2D eigenvalue weighted by atomic mass is 10.0. The minimum absolute atomic E-state index is 0.315. The van der Waals surface area contributed by atoms with Gasteiger partial charge in [0.1, 0.15) is 0 Å². The second kappa shape index (κ2) is 17.8. The summed E-state index contributed by atoms with van der Waals surface area (Å²) in [5.41, 5.74) is 14.6. The molecule has 86 heavy (non-hydrogen) atoms. The summed E-state index contributed by atoms with van der Waals surface area (Å²) in [7, 11) is 0. The molecule has 0 N–H and O–H groups in total. The van der Waals surface area contributed by atoms with E-state index in [4.69, 9.17) is 0 Å². The van der Waals surface area contributed by atoms with Crippen LogP contribution in [0.15, 0.2) is 267 Å². The third kappa shape index (κ3) is 6.54. The minimum Gasteiger partial charge on any atom is -0.307 e. The molecule has 0 saturated carbocycles. The van der Waals surface area contributed by atoms with Gasteiger partial charge in [0.05, 0.1) is 101 Å². The molecule has 0 atom stereocenters. The summed E-state index contributed by atoms with van der Waals surface area (Å²) >= 11 is 0. The molecule has 0 fully saturated rings. The van der Waals surface area contributed by atoms with Gasteiger partial charge in [-0.25, -0.2) is 9.80 Å². The van der Waals surface area contributed by atoms with E-state index in [0.717, 1.165) is 121 Å². The van der Waals surface area contributed by atoms with Gasteiger partial charge in [0.15, 0.2) is 0 Å². The fourth-order valence-electron chi connectivity index (χ4n) is 14.0. The Bertz CT molecular complexity index is 4830. The van der Waals surface area contributed by atoms with Gasteiger partial charge in [0, 0.05) is 43.1 Å². The van der Waals surface area contributed by atoms with E-state index < -0.39 is 23.6 Å². The van der Waals surface area contributed by atoms with Crippen LogP contribution in [0.5, 0.6) is 0 Å². The topological polar surface area (TPSA) is 94.5 Å². The molecule has 4 aromatic heterocycles. The Labute approximate surface area is 490 Å². The lowest BCUT2D eigenvalue weighted by Crippen LogP contribution is -2.29. The minimum atomic E-state index is -0.414. The molecule has 402 valence electrons. The van der Waals surface area contributed by atoms with Crippen molar-refractivity contribution < 1.29 is 19.2 Å². The van der Waals surface area contributed by atoms with Crippen molar-refractivity contribution in [3.8, 4) is 33.9 Å². The van der Waals surface area contributed by atoms with Crippen molar-refractivity contribution in [2.24, 2.45) is 0 Å². The molecule has 0 spiro atoms. The molecule has 0 bridgehead atoms. The molecule has 16 aromatic rings. The SMILES string of the molecule is O=C1c2cc(-n3c4ccccc4c4ccccc43)c(-n3c4ccccc4c4ccccc43)cc2C(=O)N1c1ccc(-c2ccc(N3C(=O)c4cc(-n5c6ccccc6c6ccccc65)c(-n5c6ccccc6c6ccccc65)cc4C3=O)cc2)cc1. The molecule has 0 unspecified atom stereocenters. The van der Waals surface area contributed by atoms with Crippen molar-refractivity contribution in [1.82, 2.24) is 18.3 Å². The van der Waals surface area contributed by atoms with Crippen LogP contribution in [0.25, 0.3) is 121 Å². The van der Waals surface area contributed by atoms with Crippen LogP contribution in [-0.2, 0) is 0 Å². The lowest BCUT2D eigenvalue weighted by molar-refractivity contribution is 0.0910. The molecule has 2 aliphatic heterocycles. The van der Waals surface area contributed by atoms with Gasteiger partial charge < -0.3 is 18.3 Å². The Morgan fingerprint density at radius 1 is 0.198 bits per heavy atom. The van der Waals surface area contributed by atoms with Crippen LogP contribution >= 0.6 is 0 Å². The summed E-state index contributed by atoms with van der Waals surface area (Å²) in [6.45, 7) is 0. The molecule has 6 heterocycles. The zero-order chi connectivity index (χ0) is 57.1. The highest BCUT2D eigenvalue weighted by Gasteiger charge is 2.41. The number of hydrogen-bond donors (Lipinski definition) is 0. The summed E-state index contributed by atoms with van der Waals surface area (Å²) in [5, 5.41) is 8.63. The number of rotatable bonds is 7. The molecular formula is C76H44N6O4. The molecule has 10 heteroatoms. The predicted molar refractivity (Wildman–Crippen MR) is 344 cm³/mol. The number of amides is 4. The van der Waals surface area contributed by atoms with Gasteiger partial charge in [0.2, 0.25) is 0 Å². The Morgan fingerprint density at radius 2 is 0.372 bits per heavy atom. The van der Waals surface area contributed by atoms with Crippen molar-refractivity contribution in [3.05, 3.63) is 289 Å². The average Bonchev–Trinajstić information content (AvgIpc) is 1.72. The second-order valence-electron chi connectivity index (χ2n) is 22.2. The van der Waals surface area contributed by atoms with Gasteiger partial charge in [-0.2, -0.15) is 0 Å². The Kier molecular flexibility index (Phi) is 9.89. The van der Waals surface area contributed by atoms with Crippen LogP contribution in [0.1, 0.15) is 41.4 Å². The number of aromatic nitrogens is 4. The van der Waals surface area contributed by atoms with Crippen molar-refractivity contribution in [2.45, 2.75) is 0 Å². The van der Waals surface area contributed by atoms with Crippen molar-refractivity contribution >= 4 is 122 Å². The first-order valence-electron chi connectivity index (χ1n) is 28.7. The van der Waals surface area contributed by atoms with Gasteiger partial charge in [0.25, 0.3) is 23.6 Å². The van der Waals surface area contributed by atoms with Crippen molar-refractivity contribution in [2.75, 3.05) is 9.80 Å². The van der Waals surface area contributed by atoms with Gasteiger partial charge >= 0.3 is 0 Å². The quantitative estimate of drug-likeness (QED) is 0.149. The molecule has 12 aromatic carbocycles. The summed E-state index contributed by atoms with van der Waals surface area (Å²) in [5.74, 6) is -1.65.